The largest absolute Gasteiger partial charge is 0.416 e. The molecule has 1 aromatic heterocycles. The summed E-state index contributed by atoms with van der Waals surface area (Å²) in [5.41, 5.74) is 0.682. The topological polar surface area (TPSA) is 84.3 Å². The molecule has 12 heteroatoms. The minimum absolute atomic E-state index is 0.0149. The highest BCUT2D eigenvalue weighted by Crippen LogP contribution is 2.31. The summed E-state index contributed by atoms with van der Waals surface area (Å²) in [5, 5.41) is 2.97. The van der Waals surface area contributed by atoms with E-state index < -0.39 is 34.2 Å². The van der Waals surface area contributed by atoms with E-state index in [1.807, 2.05) is 6.07 Å². The lowest BCUT2D eigenvalue weighted by atomic mass is 10.2. The van der Waals surface area contributed by atoms with E-state index >= 15 is 0 Å². The number of benzene rings is 3. The Hall–Kier alpha value is -3.67. The molecule has 1 N–H and O–H groups in total. The average molecular weight is 563 g/mol. The van der Waals surface area contributed by atoms with Gasteiger partial charge in [0, 0.05) is 29.0 Å². The molecule has 0 spiro atoms. The lowest BCUT2D eigenvalue weighted by Gasteiger charge is -2.20. The van der Waals surface area contributed by atoms with Gasteiger partial charge in [0.05, 0.1) is 22.7 Å². The number of aromatic nitrogens is 2. The van der Waals surface area contributed by atoms with E-state index in [0.29, 0.717) is 22.0 Å². The summed E-state index contributed by atoms with van der Waals surface area (Å²) < 4.78 is 67.7. The zero-order valence-electron chi connectivity index (χ0n) is 20.0. The van der Waals surface area contributed by atoms with E-state index in [4.69, 9.17) is 11.6 Å². The van der Waals surface area contributed by atoms with Crippen molar-refractivity contribution in [2.24, 2.45) is 0 Å². The summed E-state index contributed by atoms with van der Waals surface area (Å²) in [7, 11) is -3.99. The molecule has 0 saturated carbocycles. The molecule has 3 aromatic carbocycles. The van der Waals surface area contributed by atoms with Crippen LogP contribution in [-0.4, -0.2) is 41.3 Å². The maximum Gasteiger partial charge on any atom is 0.416 e. The van der Waals surface area contributed by atoms with Crippen LogP contribution in [0.3, 0.4) is 0 Å². The molecule has 0 bridgehead atoms. The van der Waals surface area contributed by atoms with Crippen molar-refractivity contribution in [3.05, 3.63) is 95.6 Å². The quantitative estimate of drug-likeness (QED) is 0.291. The number of halogens is 4. The molecule has 0 aliphatic carbocycles. The highest BCUT2D eigenvalue weighted by Gasteiger charge is 2.30. The van der Waals surface area contributed by atoms with Gasteiger partial charge in [-0.2, -0.15) is 17.5 Å². The van der Waals surface area contributed by atoms with Crippen LogP contribution in [0.25, 0.3) is 16.9 Å². The molecule has 0 aliphatic rings. The zero-order valence-corrected chi connectivity index (χ0v) is 21.6. The Bertz CT molecular complexity index is 1520. The number of hydrogen-bond donors (Lipinski definition) is 1. The third kappa shape index (κ3) is 6.07. The summed E-state index contributed by atoms with van der Waals surface area (Å²) in [5.74, 6) is -0.656. The lowest BCUT2D eigenvalue weighted by Crippen LogP contribution is -2.38. The Labute approximate surface area is 222 Å². The van der Waals surface area contributed by atoms with Crippen LogP contribution in [0.1, 0.15) is 12.5 Å². The molecule has 1 amide bonds. The van der Waals surface area contributed by atoms with E-state index in [0.717, 1.165) is 16.4 Å². The van der Waals surface area contributed by atoms with Gasteiger partial charge in [0.1, 0.15) is 0 Å². The molecule has 0 fully saturated rings. The fourth-order valence-corrected chi connectivity index (χ4v) is 5.20. The van der Waals surface area contributed by atoms with Crippen molar-refractivity contribution in [3.8, 4) is 16.9 Å². The number of nitrogens with zero attached hydrogens (tertiary/aromatic N) is 3. The maximum absolute atomic E-state index is 13.1. The number of rotatable bonds is 8. The van der Waals surface area contributed by atoms with Gasteiger partial charge in [-0.05, 0) is 48.5 Å². The van der Waals surface area contributed by atoms with Crippen molar-refractivity contribution >= 4 is 33.5 Å². The average Bonchev–Trinajstić information content (AvgIpc) is 3.31. The molecule has 0 radical (unpaired) electrons. The molecule has 38 heavy (non-hydrogen) atoms. The highest BCUT2D eigenvalue weighted by molar-refractivity contribution is 7.89. The maximum atomic E-state index is 13.1. The van der Waals surface area contributed by atoms with Crippen molar-refractivity contribution in [2.45, 2.75) is 18.0 Å². The van der Waals surface area contributed by atoms with Gasteiger partial charge in [0.2, 0.25) is 21.9 Å². The number of imidazole rings is 1. The van der Waals surface area contributed by atoms with Crippen molar-refractivity contribution in [2.75, 3.05) is 18.4 Å². The molecule has 0 atom stereocenters. The molecular formula is C26H22ClF3N4O3S. The van der Waals surface area contributed by atoms with Crippen molar-refractivity contribution in [3.63, 3.8) is 0 Å². The van der Waals surface area contributed by atoms with Gasteiger partial charge in [-0.3, -0.25) is 14.7 Å². The molecule has 4 aromatic rings. The zero-order chi connectivity index (χ0) is 27.5. The Balaban J connectivity index is 1.63. The van der Waals surface area contributed by atoms with Crippen LogP contribution in [0.2, 0.25) is 5.02 Å². The van der Waals surface area contributed by atoms with E-state index in [9.17, 15) is 26.4 Å². The second kappa shape index (κ2) is 11.0. The standard InChI is InChI=1S/C26H22ClF3N4O3S/c1-2-33(38(36,37)22-14-10-20(27)11-15-22)17-24(35)32-25-31-23(18-6-4-3-5-7-18)16-34(25)21-12-8-19(9-13-21)26(28,29)30/h3-16H,2,17H2,1H3,(H,31,32,35). The van der Waals surface area contributed by atoms with Gasteiger partial charge < -0.3 is 0 Å². The van der Waals surface area contributed by atoms with Gasteiger partial charge in [-0.15, -0.1) is 0 Å². The third-order valence-electron chi connectivity index (χ3n) is 5.62. The first-order valence-electron chi connectivity index (χ1n) is 11.4. The normalized spacial score (nSPS) is 12.1. The molecule has 0 saturated heterocycles. The molecule has 4 rings (SSSR count). The molecule has 0 unspecified atom stereocenters. The fourth-order valence-electron chi connectivity index (χ4n) is 3.67. The number of anilines is 1. The Morgan fingerprint density at radius 1 is 1.00 bits per heavy atom. The number of amides is 1. The van der Waals surface area contributed by atoms with Gasteiger partial charge >= 0.3 is 6.18 Å². The summed E-state index contributed by atoms with van der Waals surface area (Å²) in [6.07, 6.45) is -2.92. The van der Waals surface area contributed by atoms with Crippen LogP contribution in [-0.2, 0) is 21.0 Å². The van der Waals surface area contributed by atoms with E-state index in [1.54, 1.807) is 37.4 Å². The Morgan fingerprint density at radius 3 is 2.21 bits per heavy atom. The Kier molecular flexibility index (Phi) is 7.91. The van der Waals surface area contributed by atoms with Gasteiger partial charge in [0.15, 0.2) is 0 Å². The van der Waals surface area contributed by atoms with Crippen LogP contribution in [0, 0.1) is 0 Å². The van der Waals surface area contributed by atoms with Crippen molar-refractivity contribution in [1.29, 1.82) is 0 Å². The molecular weight excluding hydrogens is 541 g/mol. The first-order chi connectivity index (χ1) is 18.0. The van der Waals surface area contributed by atoms with E-state index in [2.05, 4.69) is 10.3 Å². The van der Waals surface area contributed by atoms with Crippen LogP contribution in [0.15, 0.2) is 90.0 Å². The van der Waals surface area contributed by atoms with E-state index in [-0.39, 0.29) is 17.4 Å². The van der Waals surface area contributed by atoms with E-state index in [1.165, 1.54) is 41.0 Å². The van der Waals surface area contributed by atoms with Crippen molar-refractivity contribution in [1.82, 2.24) is 13.9 Å². The predicted molar refractivity (Wildman–Crippen MR) is 139 cm³/mol. The second-order valence-electron chi connectivity index (χ2n) is 8.16. The lowest BCUT2D eigenvalue weighted by molar-refractivity contribution is -0.137. The number of carbonyl (C=O) groups excluding carboxylic acids is 1. The van der Waals surface area contributed by atoms with Crippen LogP contribution in [0.4, 0.5) is 19.1 Å². The first kappa shape index (κ1) is 27.4. The second-order valence-corrected chi connectivity index (χ2v) is 10.5. The summed E-state index contributed by atoms with van der Waals surface area (Å²) >= 11 is 5.85. The molecule has 198 valence electrons. The molecule has 7 nitrogen and oxygen atoms in total. The number of likely N-dealkylation sites (N-methyl/N-ethyl adjacent to an activating group) is 1. The smallest absolute Gasteiger partial charge is 0.294 e. The minimum atomic E-state index is -4.50. The van der Waals surface area contributed by atoms with Crippen LogP contribution in [0.5, 0.6) is 0 Å². The monoisotopic (exact) mass is 562 g/mol. The number of carbonyl (C=O) groups is 1. The summed E-state index contributed by atoms with van der Waals surface area (Å²) in [6.45, 7) is 1.10. The van der Waals surface area contributed by atoms with Gasteiger partial charge in [-0.1, -0.05) is 48.9 Å². The summed E-state index contributed by atoms with van der Waals surface area (Å²) in [6, 6.07) is 19.0. The number of alkyl halides is 3. The predicted octanol–water partition coefficient (Wildman–Crippen LogP) is 5.86. The van der Waals surface area contributed by atoms with Gasteiger partial charge in [0.25, 0.3) is 0 Å². The SMILES string of the molecule is CCN(CC(=O)Nc1nc(-c2ccccc2)cn1-c1ccc(C(F)(F)F)cc1)S(=O)(=O)c1ccc(Cl)cc1. The highest BCUT2D eigenvalue weighted by atomic mass is 35.5. The van der Waals surface area contributed by atoms with Gasteiger partial charge in [-0.25, -0.2) is 13.4 Å². The van der Waals surface area contributed by atoms with Crippen molar-refractivity contribution < 1.29 is 26.4 Å². The number of hydrogen-bond acceptors (Lipinski definition) is 4. The number of sulfonamides is 1. The molecule has 1 heterocycles. The first-order valence-corrected chi connectivity index (χ1v) is 13.2. The fraction of sp³-hybridized carbons (Fsp3) is 0.154. The summed E-state index contributed by atoms with van der Waals surface area (Å²) in [4.78, 5) is 17.4. The Morgan fingerprint density at radius 2 is 1.63 bits per heavy atom. The van der Waals surface area contributed by atoms with Crippen LogP contribution >= 0.6 is 11.6 Å². The number of nitrogens with one attached hydrogen (secondary N) is 1. The van der Waals surface area contributed by atoms with Crippen LogP contribution < -0.4 is 5.32 Å². The third-order valence-corrected chi connectivity index (χ3v) is 7.81. The minimum Gasteiger partial charge on any atom is -0.294 e. The molecule has 0 aliphatic heterocycles.